The molecule has 0 fully saturated rings. The standard InChI is InChI=1S/C8H10N2O2/c1-6-2-3-7(5-9)8(4-6)10(11)12/h2-4H,5,9H2,1H3. The second-order valence-corrected chi connectivity index (χ2v) is 2.59. The van der Waals surface area contributed by atoms with Gasteiger partial charge in [-0.3, -0.25) is 10.1 Å². The number of nitrogens with two attached hydrogens (primary N) is 1. The van der Waals surface area contributed by atoms with Crippen molar-refractivity contribution in [3.63, 3.8) is 0 Å². The molecule has 2 N–H and O–H groups in total. The van der Waals surface area contributed by atoms with Gasteiger partial charge in [0.1, 0.15) is 0 Å². The summed E-state index contributed by atoms with van der Waals surface area (Å²) in [7, 11) is 0. The monoisotopic (exact) mass is 166 g/mol. The van der Waals surface area contributed by atoms with Gasteiger partial charge in [0.2, 0.25) is 0 Å². The van der Waals surface area contributed by atoms with E-state index < -0.39 is 4.92 Å². The van der Waals surface area contributed by atoms with Crippen LogP contribution in [0, 0.1) is 17.0 Å². The topological polar surface area (TPSA) is 69.2 Å². The van der Waals surface area contributed by atoms with Gasteiger partial charge in [-0.2, -0.15) is 0 Å². The van der Waals surface area contributed by atoms with Crippen LogP contribution in [0.25, 0.3) is 0 Å². The minimum absolute atomic E-state index is 0.109. The van der Waals surface area contributed by atoms with Gasteiger partial charge in [-0.1, -0.05) is 12.1 Å². The van der Waals surface area contributed by atoms with Crippen molar-refractivity contribution in [3.8, 4) is 0 Å². The fourth-order valence-corrected chi connectivity index (χ4v) is 1.02. The molecule has 64 valence electrons. The van der Waals surface area contributed by atoms with Crippen molar-refractivity contribution in [2.24, 2.45) is 5.73 Å². The molecule has 0 aliphatic heterocycles. The minimum atomic E-state index is -0.408. The molecular weight excluding hydrogens is 156 g/mol. The zero-order valence-corrected chi connectivity index (χ0v) is 6.78. The number of nitro groups is 1. The Balaban J connectivity index is 3.21. The van der Waals surface area contributed by atoms with E-state index in [4.69, 9.17) is 5.73 Å². The van der Waals surface area contributed by atoms with Crippen molar-refractivity contribution < 1.29 is 4.92 Å². The molecule has 1 rings (SSSR count). The Labute approximate surface area is 70.2 Å². The quantitative estimate of drug-likeness (QED) is 0.532. The maximum Gasteiger partial charge on any atom is 0.274 e. The number of benzene rings is 1. The van der Waals surface area contributed by atoms with E-state index in [0.29, 0.717) is 5.56 Å². The van der Waals surface area contributed by atoms with E-state index in [9.17, 15) is 10.1 Å². The molecule has 4 nitrogen and oxygen atoms in total. The lowest BCUT2D eigenvalue weighted by Crippen LogP contribution is -2.01. The van der Waals surface area contributed by atoms with Crippen molar-refractivity contribution in [2.45, 2.75) is 13.5 Å². The summed E-state index contributed by atoms with van der Waals surface area (Å²) in [5.74, 6) is 0. The van der Waals surface area contributed by atoms with E-state index in [0.717, 1.165) is 5.56 Å². The van der Waals surface area contributed by atoms with Gasteiger partial charge < -0.3 is 5.73 Å². The summed E-state index contributed by atoms with van der Waals surface area (Å²) in [5.41, 5.74) is 6.89. The fourth-order valence-electron chi connectivity index (χ4n) is 1.02. The van der Waals surface area contributed by atoms with Crippen LogP contribution in [0.15, 0.2) is 18.2 Å². The zero-order valence-electron chi connectivity index (χ0n) is 6.78. The molecule has 0 heterocycles. The predicted molar refractivity (Wildman–Crippen MR) is 45.7 cm³/mol. The summed E-state index contributed by atoms with van der Waals surface area (Å²) in [6, 6.07) is 5.03. The molecule has 0 saturated heterocycles. The first-order chi connectivity index (χ1) is 5.65. The molecule has 0 radical (unpaired) electrons. The third-order valence-electron chi connectivity index (χ3n) is 1.66. The number of rotatable bonds is 2. The number of hydrogen-bond donors (Lipinski definition) is 1. The predicted octanol–water partition coefficient (Wildman–Crippen LogP) is 1.36. The smallest absolute Gasteiger partial charge is 0.274 e. The van der Waals surface area contributed by atoms with Crippen molar-refractivity contribution in [2.75, 3.05) is 0 Å². The number of hydrogen-bond acceptors (Lipinski definition) is 3. The lowest BCUT2D eigenvalue weighted by atomic mass is 10.1. The van der Waals surface area contributed by atoms with Gasteiger partial charge in [-0.25, -0.2) is 0 Å². The molecule has 0 amide bonds. The van der Waals surface area contributed by atoms with Crippen LogP contribution in [-0.2, 0) is 6.54 Å². The van der Waals surface area contributed by atoms with Gasteiger partial charge in [0.25, 0.3) is 5.69 Å². The maximum atomic E-state index is 10.5. The number of nitrogens with zero attached hydrogens (tertiary/aromatic N) is 1. The molecule has 4 heteroatoms. The van der Waals surface area contributed by atoms with Crippen LogP contribution in [0.5, 0.6) is 0 Å². The average Bonchev–Trinajstić information content (AvgIpc) is 2.04. The van der Waals surface area contributed by atoms with Crippen molar-refractivity contribution >= 4 is 5.69 Å². The first kappa shape index (κ1) is 8.67. The molecule has 1 aromatic carbocycles. The Bertz CT molecular complexity index is 310. The molecule has 0 atom stereocenters. The van der Waals surface area contributed by atoms with E-state index in [1.807, 2.05) is 13.0 Å². The molecule has 0 spiro atoms. The third-order valence-corrected chi connectivity index (χ3v) is 1.66. The molecule has 0 bridgehead atoms. The van der Waals surface area contributed by atoms with Crippen LogP contribution < -0.4 is 5.73 Å². The second-order valence-electron chi connectivity index (χ2n) is 2.59. The summed E-state index contributed by atoms with van der Waals surface area (Å²) < 4.78 is 0. The normalized spacial score (nSPS) is 9.83. The van der Waals surface area contributed by atoms with Crippen molar-refractivity contribution in [3.05, 3.63) is 39.4 Å². The van der Waals surface area contributed by atoms with E-state index >= 15 is 0 Å². The summed E-state index contributed by atoms with van der Waals surface area (Å²) in [4.78, 5) is 10.1. The summed E-state index contributed by atoms with van der Waals surface area (Å²) >= 11 is 0. The number of nitro benzene ring substituents is 1. The van der Waals surface area contributed by atoms with Crippen LogP contribution in [0.2, 0.25) is 0 Å². The SMILES string of the molecule is Cc1ccc(CN)c([N+](=O)[O-])c1. The van der Waals surface area contributed by atoms with E-state index in [1.54, 1.807) is 6.07 Å². The van der Waals surface area contributed by atoms with Crippen LogP contribution in [0.3, 0.4) is 0 Å². The Hall–Kier alpha value is -1.42. The Morgan fingerprint density at radius 3 is 2.75 bits per heavy atom. The Morgan fingerprint density at radius 2 is 2.25 bits per heavy atom. The van der Waals surface area contributed by atoms with Gasteiger partial charge in [-0.05, 0) is 12.5 Å². The zero-order chi connectivity index (χ0) is 9.14. The maximum absolute atomic E-state index is 10.5. The lowest BCUT2D eigenvalue weighted by Gasteiger charge is -1.99. The van der Waals surface area contributed by atoms with Gasteiger partial charge in [-0.15, -0.1) is 0 Å². The summed E-state index contributed by atoms with van der Waals surface area (Å²) in [6.45, 7) is 2.02. The Morgan fingerprint density at radius 1 is 1.58 bits per heavy atom. The van der Waals surface area contributed by atoms with Gasteiger partial charge >= 0.3 is 0 Å². The fraction of sp³-hybridized carbons (Fsp3) is 0.250. The molecule has 0 aromatic heterocycles. The van der Waals surface area contributed by atoms with Gasteiger partial charge in [0.05, 0.1) is 4.92 Å². The number of aryl methyl sites for hydroxylation is 1. The highest BCUT2D eigenvalue weighted by Crippen LogP contribution is 2.18. The van der Waals surface area contributed by atoms with Crippen molar-refractivity contribution in [1.82, 2.24) is 0 Å². The van der Waals surface area contributed by atoms with E-state index in [2.05, 4.69) is 0 Å². The highest BCUT2D eigenvalue weighted by molar-refractivity contribution is 5.42. The van der Waals surface area contributed by atoms with Crippen LogP contribution in [-0.4, -0.2) is 4.92 Å². The first-order valence-electron chi connectivity index (χ1n) is 3.59. The lowest BCUT2D eigenvalue weighted by molar-refractivity contribution is -0.385. The molecule has 0 aliphatic rings. The largest absolute Gasteiger partial charge is 0.326 e. The van der Waals surface area contributed by atoms with Crippen molar-refractivity contribution in [1.29, 1.82) is 0 Å². The van der Waals surface area contributed by atoms with E-state index in [1.165, 1.54) is 6.07 Å². The first-order valence-corrected chi connectivity index (χ1v) is 3.59. The highest BCUT2D eigenvalue weighted by Gasteiger charge is 2.11. The summed E-state index contributed by atoms with van der Waals surface area (Å²) in [5, 5.41) is 10.5. The molecule has 1 aromatic rings. The van der Waals surface area contributed by atoms with E-state index in [-0.39, 0.29) is 12.2 Å². The molecular formula is C8H10N2O2. The molecule has 0 aliphatic carbocycles. The summed E-state index contributed by atoms with van der Waals surface area (Å²) in [6.07, 6.45) is 0. The second kappa shape index (κ2) is 3.32. The third kappa shape index (κ3) is 1.60. The Kier molecular flexibility index (Phi) is 2.40. The van der Waals surface area contributed by atoms with Crippen LogP contribution in [0.4, 0.5) is 5.69 Å². The molecule has 12 heavy (non-hydrogen) atoms. The van der Waals surface area contributed by atoms with Crippen LogP contribution in [0.1, 0.15) is 11.1 Å². The van der Waals surface area contributed by atoms with Gasteiger partial charge in [0.15, 0.2) is 0 Å². The van der Waals surface area contributed by atoms with Gasteiger partial charge in [0, 0.05) is 18.2 Å². The van der Waals surface area contributed by atoms with Crippen LogP contribution >= 0.6 is 0 Å². The minimum Gasteiger partial charge on any atom is -0.326 e. The highest BCUT2D eigenvalue weighted by atomic mass is 16.6. The molecule has 0 unspecified atom stereocenters. The molecule has 0 saturated carbocycles. The average molecular weight is 166 g/mol.